The second-order valence-corrected chi connectivity index (χ2v) is 6.63. The van der Waals surface area contributed by atoms with Crippen molar-refractivity contribution in [2.24, 2.45) is 0 Å². The van der Waals surface area contributed by atoms with Gasteiger partial charge in [0.05, 0.1) is 17.2 Å². The van der Waals surface area contributed by atoms with Crippen LogP contribution in [0.2, 0.25) is 5.02 Å². The maximum absolute atomic E-state index is 12.0. The molecule has 1 N–H and O–H groups in total. The molecular weight excluding hydrogens is 362 g/mol. The van der Waals surface area contributed by atoms with E-state index in [4.69, 9.17) is 21.6 Å². The van der Waals surface area contributed by atoms with Gasteiger partial charge in [0.15, 0.2) is 0 Å². The number of pyridine rings is 2. The Morgan fingerprint density at radius 3 is 2.74 bits per heavy atom. The normalized spacial score (nSPS) is 10.4. The lowest BCUT2D eigenvalue weighted by Crippen LogP contribution is -2.12. The number of benzene rings is 1. The maximum atomic E-state index is 12.0. The van der Waals surface area contributed by atoms with E-state index in [2.05, 4.69) is 9.97 Å². The fourth-order valence-corrected chi connectivity index (χ4v) is 3.06. The molecule has 0 bridgehead atoms. The van der Waals surface area contributed by atoms with Crippen LogP contribution in [0.5, 0.6) is 11.5 Å². The van der Waals surface area contributed by atoms with Gasteiger partial charge in [0.25, 0.3) is 5.56 Å². The average molecular weight is 380 g/mol. The first-order valence-electron chi connectivity index (χ1n) is 8.55. The molecule has 27 heavy (non-hydrogen) atoms. The second kappa shape index (κ2) is 8.52. The van der Waals surface area contributed by atoms with Crippen molar-refractivity contribution in [1.29, 1.82) is 5.26 Å². The van der Waals surface area contributed by atoms with Crippen molar-refractivity contribution in [3.8, 4) is 17.6 Å². The van der Waals surface area contributed by atoms with Gasteiger partial charge in [-0.15, -0.1) is 0 Å². The molecule has 0 aliphatic heterocycles. The van der Waals surface area contributed by atoms with Crippen molar-refractivity contribution >= 4 is 11.6 Å². The summed E-state index contributed by atoms with van der Waals surface area (Å²) >= 11 is 6.05. The Labute approximate surface area is 162 Å². The molecule has 3 rings (SSSR count). The van der Waals surface area contributed by atoms with Gasteiger partial charge in [-0.3, -0.25) is 9.78 Å². The molecule has 0 atom stereocenters. The van der Waals surface area contributed by atoms with Crippen molar-refractivity contribution in [2.45, 2.75) is 26.2 Å². The molecule has 6 heteroatoms. The summed E-state index contributed by atoms with van der Waals surface area (Å²) in [4.78, 5) is 18.8. The maximum Gasteiger partial charge on any atom is 0.254 e. The third-order valence-electron chi connectivity index (χ3n) is 4.23. The highest BCUT2D eigenvalue weighted by Gasteiger charge is 2.13. The molecule has 0 unspecified atom stereocenters. The summed E-state index contributed by atoms with van der Waals surface area (Å²) in [5, 5.41) is 9.51. The Balaban J connectivity index is 1.83. The molecule has 0 radical (unpaired) electrons. The van der Waals surface area contributed by atoms with Gasteiger partial charge in [-0.2, -0.15) is 5.26 Å². The summed E-state index contributed by atoms with van der Waals surface area (Å²) in [5.41, 5.74) is 2.81. The first-order valence-corrected chi connectivity index (χ1v) is 8.93. The Bertz CT molecular complexity index is 1040. The summed E-state index contributed by atoms with van der Waals surface area (Å²) in [5.74, 6) is 0.947. The minimum Gasteiger partial charge on any atom is -0.456 e. The molecule has 136 valence electrons. The summed E-state index contributed by atoms with van der Waals surface area (Å²) in [6.45, 7) is 1.72. The van der Waals surface area contributed by atoms with E-state index in [-0.39, 0.29) is 5.56 Å². The molecule has 0 aliphatic rings. The lowest BCUT2D eigenvalue weighted by Gasteiger charge is -2.14. The number of aromatic amines is 1. The molecule has 0 fully saturated rings. The monoisotopic (exact) mass is 379 g/mol. The number of hydrogen-bond donors (Lipinski definition) is 1. The van der Waals surface area contributed by atoms with Crippen molar-refractivity contribution < 1.29 is 4.74 Å². The van der Waals surface area contributed by atoms with Gasteiger partial charge in [-0.05, 0) is 62.1 Å². The van der Waals surface area contributed by atoms with E-state index in [0.29, 0.717) is 27.6 Å². The smallest absolute Gasteiger partial charge is 0.254 e. The standard InChI is InChI=1S/C21H18ClN3O2/c1-14-20(27-19-10-16(12-23)9-18(22)11-19)17(13-25-21(14)26)4-2-3-15-5-7-24-8-6-15/h5-11,13H,2-4H2,1H3,(H,25,26). The van der Waals surface area contributed by atoms with Gasteiger partial charge < -0.3 is 9.72 Å². The molecule has 5 nitrogen and oxygen atoms in total. The molecule has 2 aromatic heterocycles. The topological polar surface area (TPSA) is 78.8 Å². The highest BCUT2D eigenvalue weighted by molar-refractivity contribution is 6.30. The third-order valence-corrected chi connectivity index (χ3v) is 4.45. The van der Waals surface area contributed by atoms with E-state index >= 15 is 0 Å². The molecule has 2 heterocycles. The quantitative estimate of drug-likeness (QED) is 0.680. The number of hydrogen-bond acceptors (Lipinski definition) is 4. The molecule has 3 aromatic rings. The lowest BCUT2D eigenvalue weighted by atomic mass is 10.0. The van der Waals surface area contributed by atoms with Gasteiger partial charge in [-0.1, -0.05) is 11.6 Å². The average Bonchev–Trinajstić information content (AvgIpc) is 2.67. The second-order valence-electron chi connectivity index (χ2n) is 6.20. The summed E-state index contributed by atoms with van der Waals surface area (Å²) < 4.78 is 5.98. The van der Waals surface area contributed by atoms with Crippen molar-refractivity contribution in [3.05, 3.63) is 86.6 Å². The number of ether oxygens (including phenoxy) is 1. The van der Waals surface area contributed by atoms with Crippen LogP contribution in [0.1, 0.15) is 28.7 Å². The number of aryl methyl sites for hydroxylation is 2. The number of rotatable bonds is 6. The van der Waals surface area contributed by atoms with E-state index in [1.165, 1.54) is 5.56 Å². The number of halogens is 1. The van der Waals surface area contributed by atoms with Gasteiger partial charge in [-0.25, -0.2) is 0 Å². The van der Waals surface area contributed by atoms with Crippen LogP contribution in [0.3, 0.4) is 0 Å². The van der Waals surface area contributed by atoms with Gasteiger partial charge in [0.1, 0.15) is 11.5 Å². The fourth-order valence-electron chi connectivity index (χ4n) is 2.83. The number of H-pyrrole nitrogens is 1. The molecular formula is C21H18ClN3O2. The number of nitriles is 1. The van der Waals surface area contributed by atoms with E-state index in [1.807, 2.05) is 18.2 Å². The number of aromatic nitrogens is 2. The molecule has 0 aliphatic carbocycles. The highest BCUT2D eigenvalue weighted by Crippen LogP contribution is 2.30. The van der Waals surface area contributed by atoms with Crippen LogP contribution in [-0.4, -0.2) is 9.97 Å². The zero-order chi connectivity index (χ0) is 19.2. The minimum absolute atomic E-state index is 0.203. The third kappa shape index (κ3) is 4.75. The van der Waals surface area contributed by atoms with Gasteiger partial charge in [0, 0.05) is 29.2 Å². The van der Waals surface area contributed by atoms with Crippen molar-refractivity contribution in [1.82, 2.24) is 9.97 Å². The Hall–Kier alpha value is -3.10. The van der Waals surface area contributed by atoms with Crippen LogP contribution in [0.15, 0.2) is 53.7 Å². The summed E-state index contributed by atoms with van der Waals surface area (Å²) in [6, 6.07) is 10.8. The summed E-state index contributed by atoms with van der Waals surface area (Å²) in [6.07, 6.45) is 7.77. The zero-order valence-corrected chi connectivity index (χ0v) is 15.6. The van der Waals surface area contributed by atoms with Crippen LogP contribution in [-0.2, 0) is 12.8 Å². The zero-order valence-electron chi connectivity index (χ0n) is 14.8. The van der Waals surface area contributed by atoms with Crippen LogP contribution < -0.4 is 10.3 Å². The van der Waals surface area contributed by atoms with E-state index in [1.54, 1.807) is 43.7 Å². The van der Waals surface area contributed by atoms with Gasteiger partial charge >= 0.3 is 0 Å². The molecule has 0 amide bonds. The predicted molar refractivity (Wildman–Crippen MR) is 104 cm³/mol. The fraction of sp³-hybridized carbons (Fsp3) is 0.190. The van der Waals surface area contributed by atoms with E-state index < -0.39 is 0 Å². The van der Waals surface area contributed by atoms with E-state index in [9.17, 15) is 4.79 Å². The Kier molecular flexibility index (Phi) is 5.90. The predicted octanol–water partition coefficient (Wildman–Crippen LogP) is 4.57. The minimum atomic E-state index is -0.203. The first-order chi connectivity index (χ1) is 13.1. The van der Waals surface area contributed by atoms with Crippen LogP contribution >= 0.6 is 11.6 Å². The first kappa shape index (κ1) is 18.7. The molecule has 0 saturated carbocycles. The van der Waals surface area contributed by atoms with Gasteiger partial charge in [0.2, 0.25) is 0 Å². The van der Waals surface area contributed by atoms with Crippen LogP contribution in [0.4, 0.5) is 0 Å². The Morgan fingerprint density at radius 1 is 1.22 bits per heavy atom. The van der Waals surface area contributed by atoms with Crippen LogP contribution in [0.25, 0.3) is 0 Å². The lowest BCUT2D eigenvalue weighted by molar-refractivity contribution is 0.469. The molecule has 0 spiro atoms. The highest BCUT2D eigenvalue weighted by atomic mass is 35.5. The number of nitrogens with zero attached hydrogens (tertiary/aromatic N) is 2. The van der Waals surface area contributed by atoms with E-state index in [0.717, 1.165) is 24.8 Å². The largest absolute Gasteiger partial charge is 0.456 e. The molecule has 1 aromatic carbocycles. The number of nitrogens with one attached hydrogen (secondary N) is 1. The SMILES string of the molecule is Cc1c(Oc2cc(Cl)cc(C#N)c2)c(CCCc2ccncc2)c[nH]c1=O. The van der Waals surface area contributed by atoms with Crippen molar-refractivity contribution in [2.75, 3.05) is 0 Å². The molecule has 0 saturated heterocycles. The van der Waals surface area contributed by atoms with Crippen molar-refractivity contribution in [3.63, 3.8) is 0 Å². The van der Waals surface area contributed by atoms with Crippen LogP contribution in [0, 0.1) is 18.3 Å². The Morgan fingerprint density at radius 2 is 2.00 bits per heavy atom. The summed E-state index contributed by atoms with van der Waals surface area (Å²) in [7, 11) is 0.